The van der Waals surface area contributed by atoms with E-state index >= 15 is 0 Å². The summed E-state index contributed by atoms with van der Waals surface area (Å²) in [4.78, 5) is 28.1. The van der Waals surface area contributed by atoms with E-state index in [1.165, 1.54) is 21.3 Å². The molecule has 2 aromatic rings. The molecule has 188 valence electrons. The van der Waals surface area contributed by atoms with E-state index in [1.54, 1.807) is 24.3 Å². The van der Waals surface area contributed by atoms with Crippen LogP contribution in [0, 0.1) is 0 Å². The Labute approximate surface area is 210 Å². The Morgan fingerprint density at radius 2 is 1.66 bits per heavy atom. The smallest absolute Gasteiger partial charge is 0.251 e. The topological polar surface area (TPSA) is 89.1 Å². The van der Waals surface area contributed by atoms with Crippen LogP contribution in [0.5, 0.6) is 17.2 Å². The van der Waals surface area contributed by atoms with E-state index in [0.717, 1.165) is 32.1 Å². The summed E-state index contributed by atoms with van der Waals surface area (Å²) in [6, 6.07) is 11.0. The monoisotopic (exact) mass is 501 g/mol. The second-order valence-corrected chi connectivity index (χ2v) is 9.46. The quantitative estimate of drug-likeness (QED) is 0.565. The molecule has 2 aromatic carbocycles. The molecule has 4 rings (SSSR count). The highest BCUT2D eigenvalue weighted by atomic mass is 35.5. The van der Waals surface area contributed by atoms with Crippen molar-refractivity contribution in [2.24, 2.45) is 0 Å². The van der Waals surface area contributed by atoms with E-state index in [4.69, 9.17) is 25.8 Å². The highest BCUT2D eigenvalue weighted by Gasteiger charge is 2.39. The minimum Gasteiger partial charge on any atom is -0.493 e. The maximum absolute atomic E-state index is 13.1. The molecule has 8 nitrogen and oxygen atoms in total. The lowest BCUT2D eigenvalue weighted by molar-refractivity contribution is -0.120. The Morgan fingerprint density at radius 3 is 2.23 bits per heavy atom. The molecule has 2 unspecified atom stereocenters. The zero-order valence-electron chi connectivity index (χ0n) is 20.3. The van der Waals surface area contributed by atoms with Crippen molar-refractivity contribution in [3.63, 3.8) is 0 Å². The summed E-state index contributed by atoms with van der Waals surface area (Å²) < 4.78 is 16.1. The first kappa shape index (κ1) is 25.1. The van der Waals surface area contributed by atoms with Gasteiger partial charge in [0.05, 0.1) is 27.9 Å². The van der Waals surface area contributed by atoms with Crippen LogP contribution >= 0.6 is 11.6 Å². The SMILES string of the molecule is COc1cc(C(=O)NC2CC3CCCC(C2)N3CC(=O)Nc2cccc(Cl)c2)cc(OC)c1OC. The number of hydrogen-bond donors (Lipinski definition) is 2. The number of amides is 2. The molecule has 2 heterocycles. The van der Waals surface area contributed by atoms with Gasteiger partial charge in [-0.3, -0.25) is 14.5 Å². The molecule has 2 aliphatic rings. The van der Waals surface area contributed by atoms with E-state index in [1.807, 2.05) is 12.1 Å². The molecule has 0 aliphatic carbocycles. The number of nitrogens with one attached hydrogen (secondary N) is 2. The van der Waals surface area contributed by atoms with Crippen molar-refractivity contribution < 1.29 is 23.8 Å². The normalized spacial score (nSPS) is 21.7. The van der Waals surface area contributed by atoms with Gasteiger partial charge in [0.1, 0.15) is 0 Å². The van der Waals surface area contributed by atoms with Gasteiger partial charge >= 0.3 is 0 Å². The van der Waals surface area contributed by atoms with Crippen LogP contribution in [0.2, 0.25) is 5.02 Å². The lowest BCUT2D eigenvalue weighted by Crippen LogP contribution is -2.58. The number of carbonyl (C=O) groups is 2. The van der Waals surface area contributed by atoms with Gasteiger partial charge in [-0.1, -0.05) is 24.1 Å². The summed E-state index contributed by atoms with van der Waals surface area (Å²) in [5, 5.41) is 6.72. The minimum absolute atomic E-state index is 0.0316. The Hall–Kier alpha value is -2.97. The minimum atomic E-state index is -0.181. The third-order valence-electron chi connectivity index (χ3n) is 6.82. The van der Waals surface area contributed by atoms with Gasteiger partial charge in [-0.25, -0.2) is 0 Å². The molecule has 2 saturated heterocycles. The Bertz CT molecular complexity index is 1040. The second-order valence-electron chi connectivity index (χ2n) is 9.03. The largest absolute Gasteiger partial charge is 0.493 e. The van der Waals surface area contributed by atoms with Gasteiger partial charge in [-0.15, -0.1) is 0 Å². The number of methoxy groups -OCH3 is 3. The van der Waals surface area contributed by atoms with Crippen molar-refractivity contribution in [3.05, 3.63) is 47.0 Å². The standard InChI is InChI=1S/C26H32ClN3O5/c1-33-22-10-16(11-23(34-2)25(22)35-3)26(32)29-19-13-20-8-5-9-21(14-19)30(20)15-24(31)28-18-7-4-6-17(27)12-18/h4,6-7,10-12,19-21H,5,8-9,13-15H2,1-3H3,(H,28,31)(H,29,32). The van der Waals surface area contributed by atoms with E-state index in [0.29, 0.717) is 40.1 Å². The van der Waals surface area contributed by atoms with E-state index < -0.39 is 0 Å². The number of carbonyl (C=O) groups excluding carboxylic acids is 2. The van der Waals surface area contributed by atoms with E-state index in [-0.39, 0.29) is 29.9 Å². The van der Waals surface area contributed by atoms with Crippen molar-refractivity contribution in [3.8, 4) is 17.2 Å². The molecule has 0 aromatic heterocycles. The van der Waals surface area contributed by atoms with Crippen LogP contribution in [0.3, 0.4) is 0 Å². The zero-order valence-corrected chi connectivity index (χ0v) is 21.1. The van der Waals surface area contributed by atoms with Crippen LogP contribution in [0.15, 0.2) is 36.4 Å². The van der Waals surface area contributed by atoms with Crippen LogP contribution in [-0.2, 0) is 4.79 Å². The third-order valence-corrected chi connectivity index (χ3v) is 7.06. The number of halogens is 1. The van der Waals surface area contributed by atoms with Gasteiger partial charge in [0.2, 0.25) is 11.7 Å². The average Bonchev–Trinajstić information content (AvgIpc) is 2.83. The summed E-state index contributed by atoms with van der Waals surface area (Å²) in [5.74, 6) is 1.10. The van der Waals surface area contributed by atoms with Crippen LogP contribution in [0.1, 0.15) is 42.5 Å². The first-order valence-electron chi connectivity index (χ1n) is 11.8. The van der Waals surface area contributed by atoms with Crippen LogP contribution in [-0.4, -0.2) is 62.7 Å². The maximum Gasteiger partial charge on any atom is 0.251 e. The summed E-state index contributed by atoms with van der Waals surface area (Å²) in [7, 11) is 4.58. The first-order chi connectivity index (χ1) is 16.9. The second kappa shape index (κ2) is 11.2. The van der Waals surface area contributed by atoms with Crippen molar-refractivity contribution in [1.29, 1.82) is 0 Å². The molecule has 0 saturated carbocycles. The maximum atomic E-state index is 13.1. The van der Waals surface area contributed by atoms with Crippen molar-refractivity contribution in [2.75, 3.05) is 33.2 Å². The van der Waals surface area contributed by atoms with Crippen LogP contribution in [0.4, 0.5) is 5.69 Å². The molecule has 9 heteroatoms. The van der Waals surface area contributed by atoms with Gasteiger partial charge in [0.15, 0.2) is 11.5 Å². The fraction of sp³-hybridized carbons (Fsp3) is 0.462. The van der Waals surface area contributed by atoms with Crippen molar-refractivity contribution in [1.82, 2.24) is 10.2 Å². The van der Waals surface area contributed by atoms with Crippen molar-refractivity contribution >= 4 is 29.1 Å². The van der Waals surface area contributed by atoms with Gasteiger partial charge in [0.25, 0.3) is 5.91 Å². The number of hydrogen-bond acceptors (Lipinski definition) is 6. The predicted molar refractivity (Wildman–Crippen MR) is 135 cm³/mol. The van der Waals surface area contributed by atoms with Crippen molar-refractivity contribution in [2.45, 2.75) is 50.2 Å². The lowest BCUT2D eigenvalue weighted by atomic mass is 9.81. The van der Waals surface area contributed by atoms with Crippen LogP contribution < -0.4 is 24.8 Å². The lowest BCUT2D eigenvalue weighted by Gasteiger charge is -2.48. The predicted octanol–water partition coefficient (Wildman–Crippen LogP) is 4.12. The first-order valence-corrected chi connectivity index (χ1v) is 12.2. The highest BCUT2D eigenvalue weighted by Crippen LogP contribution is 2.38. The van der Waals surface area contributed by atoms with Gasteiger partial charge < -0.3 is 24.8 Å². The molecule has 2 N–H and O–H groups in total. The summed E-state index contributed by atoms with van der Waals surface area (Å²) in [6.07, 6.45) is 4.76. The number of anilines is 1. The van der Waals surface area contributed by atoms with E-state index in [2.05, 4.69) is 15.5 Å². The molecule has 0 radical (unpaired) electrons. The fourth-order valence-corrected chi connectivity index (χ4v) is 5.46. The average molecular weight is 502 g/mol. The fourth-order valence-electron chi connectivity index (χ4n) is 5.27. The molecule has 2 amide bonds. The molecule has 35 heavy (non-hydrogen) atoms. The summed E-state index contributed by atoms with van der Waals surface area (Å²) >= 11 is 6.03. The highest BCUT2D eigenvalue weighted by molar-refractivity contribution is 6.30. The number of ether oxygens (including phenoxy) is 3. The van der Waals surface area contributed by atoms with Gasteiger partial charge in [-0.2, -0.15) is 0 Å². The Kier molecular flexibility index (Phi) is 8.03. The molecular formula is C26H32ClN3O5. The Balaban J connectivity index is 1.40. The molecule has 2 atom stereocenters. The zero-order chi connectivity index (χ0) is 24.9. The van der Waals surface area contributed by atoms with Crippen LogP contribution in [0.25, 0.3) is 0 Å². The third kappa shape index (κ3) is 5.82. The number of nitrogens with zero attached hydrogens (tertiary/aromatic N) is 1. The number of benzene rings is 2. The summed E-state index contributed by atoms with van der Waals surface area (Å²) in [5.41, 5.74) is 1.15. The molecule has 0 spiro atoms. The van der Waals surface area contributed by atoms with Gasteiger partial charge in [0, 0.05) is 34.4 Å². The molecule has 2 bridgehead atoms. The molecule has 2 aliphatic heterocycles. The number of rotatable bonds is 8. The summed E-state index contributed by atoms with van der Waals surface area (Å²) in [6.45, 7) is 0.329. The number of piperidine rings is 2. The Morgan fingerprint density at radius 1 is 1.00 bits per heavy atom. The molecule has 2 fully saturated rings. The van der Waals surface area contributed by atoms with E-state index in [9.17, 15) is 9.59 Å². The molecular weight excluding hydrogens is 470 g/mol. The number of fused-ring (bicyclic) bond motifs is 2. The van der Waals surface area contributed by atoms with Gasteiger partial charge in [-0.05, 0) is 56.0 Å².